The second-order valence-corrected chi connectivity index (χ2v) is 11.0. The molecule has 0 unspecified atom stereocenters. The van der Waals surface area contributed by atoms with Crippen LogP contribution < -0.4 is 15.0 Å². The van der Waals surface area contributed by atoms with Gasteiger partial charge in [0.25, 0.3) is 5.56 Å². The van der Waals surface area contributed by atoms with E-state index in [9.17, 15) is 4.79 Å². The van der Waals surface area contributed by atoms with E-state index in [2.05, 4.69) is 82.1 Å². The van der Waals surface area contributed by atoms with Crippen LogP contribution in [0.15, 0.2) is 90.0 Å². The summed E-state index contributed by atoms with van der Waals surface area (Å²) in [7, 11) is 1.59. The quantitative estimate of drug-likeness (QED) is 0.162. The Morgan fingerprint density at radius 1 is 0.974 bits per heavy atom. The zero-order valence-corrected chi connectivity index (χ0v) is 25.3. The molecule has 5 rings (SSSR count). The molecule has 0 aliphatic rings. The molecule has 5 aromatic rings. The Bertz CT molecular complexity index is 1760. The fourth-order valence-electron chi connectivity index (χ4n) is 4.22. The number of rotatable bonds is 7. The average molecular weight is 700 g/mol. The van der Waals surface area contributed by atoms with E-state index in [4.69, 9.17) is 9.47 Å². The highest BCUT2D eigenvalue weighted by atomic mass is 79.9. The van der Waals surface area contributed by atoms with E-state index >= 15 is 0 Å². The average Bonchev–Trinajstić information content (AvgIpc) is 2.94. The van der Waals surface area contributed by atoms with E-state index in [0.717, 1.165) is 25.3 Å². The van der Waals surface area contributed by atoms with Gasteiger partial charge in [0.1, 0.15) is 12.4 Å². The first-order valence-corrected chi connectivity index (χ1v) is 14.2. The highest BCUT2D eigenvalue weighted by Gasteiger charge is 2.18. The number of aromatic nitrogens is 2. The maximum absolute atomic E-state index is 13.2. The van der Waals surface area contributed by atoms with Crippen molar-refractivity contribution in [2.45, 2.75) is 20.0 Å². The molecule has 0 radical (unpaired) electrons. The first kappa shape index (κ1) is 26.6. The summed E-state index contributed by atoms with van der Waals surface area (Å²) < 4.78 is 15.5. The van der Waals surface area contributed by atoms with Gasteiger partial charge in [-0.05, 0) is 72.5 Å². The maximum Gasteiger partial charge on any atom is 0.282 e. The summed E-state index contributed by atoms with van der Waals surface area (Å²) in [6.07, 6.45) is 2.16. The molecule has 0 aliphatic carbocycles. The summed E-state index contributed by atoms with van der Waals surface area (Å²) in [4.78, 5) is 17.9. The molecule has 0 saturated carbocycles. The summed E-state index contributed by atoms with van der Waals surface area (Å²) in [6, 6.07) is 21.6. The van der Waals surface area contributed by atoms with Crippen molar-refractivity contribution in [3.05, 3.63) is 107 Å². The summed E-state index contributed by atoms with van der Waals surface area (Å²) in [5.41, 5.74) is 2.18. The highest BCUT2D eigenvalue weighted by molar-refractivity contribution is 9.13. The molecule has 0 amide bonds. The molecule has 192 valence electrons. The summed E-state index contributed by atoms with van der Waals surface area (Å²) in [5, 5.41) is 7.30. The van der Waals surface area contributed by atoms with E-state index in [1.807, 2.05) is 43.3 Å². The third-order valence-electron chi connectivity index (χ3n) is 6.13. The highest BCUT2D eigenvalue weighted by Crippen LogP contribution is 2.43. The van der Waals surface area contributed by atoms with Crippen LogP contribution in [0.5, 0.6) is 11.5 Å². The van der Waals surface area contributed by atoms with Crippen LogP contribution in [0.4, 0.5) is 0 Å². The van der Waals surface area contributed by atoms with Crippen LogP contribution in [0.25, 0.3) is 21.7 Å². The molecule has 6 nitrogen and oxygen atoms in total. The Balaban J connectivity index is 1.50. The van der Waals surface area contributed by atoms with Gasteiger partial charge >= 0.3 is 0 Å². The summed E-state index contributed by atoms with van der Waals surface area (Å²) in [6.45, 7) is 2.31. The van der Waals surface area contributed by atoms with Crippen LogP contribution in [-0.4, -0.2) is 23.0 Å². The molecule has 1 aromatic heterocycles. The van der Waals surface area contributed by atoms with Crippen molar-refractivity contribution in [3.63, 3.8) is 0 Å². The van der Waals surface area contributed by atoms with Crippen LogP contribution in [0.1, 0.15) is 23.9 Å². The van der Waals surface area contributed by atoms with E-state index < -0.39 is 0 Å². The number of nitrogens with zero attached hydrogens (tertiary/aromatic N) is 3. The third-order valence-corrected chi connectivity index (χ3v) is 8.77. The van der Waals surface area contributed by atoms with Gasteiger partial charge in [0.2, 0.25) is 0 Å². The van der Waals surface area contributed by atoms with Crippen molar-refractivity contribution in [1.29, 1.82) is 0 Å². The van der Waals surface area contributed by atoms with E-state index in [-0.39, 0.29) is 5.56 Å². The topological polar surface area (TPSA) is 65.7 Å². The van der Waals surface area contributed by atoms with Gasteiger partial charge in [-0.1, -0.05) is 65.3 Å². The van der Waals surface area contributed by atoms with Crippen molar-refractivity contribution in [2.24, 2.45) is 5.10 Å². The van der Waals surface area contributed by atoms with Crippen molar-refractivity contribution < 1.29 is 9.47 Å². The number of ether oxygens (including phenoxy) is 2. The molecule has 0 aliphatic heterocycles. The van der Waals surface area contributed by atoms with E-state index in [0.29, 0.717) is 51.3 Å². The van der Waals surface area contributed by atoms with Gasteiger partial charge in [-0.25, -0.2) is 4.98 Å². The lowest BCUT2D eigenvalue weighted by atomic mass is 10.1. The summed E-state index contributed by atoms with van der Waals surface area (Å²) in [5.74, 6) is 1.66. The number of halogens is 3. The van der Waals surface area contributed by atoms with Crippen LogP contribution >= 0.6 is 47.8 Å². The second kappa shape index (κ2) is 11.4. The largest absolute Gasteiger partial charge is 0.493 e. The fourth-order valence-corrected chi connectivity index (χ4v) is 5.51. The molecule has 4 aromatic carbocycles. The molecule has 9 heteroatoms. The number of hydrogen-bond donors (Lipinski definition) is 0. The lowest BCUT2D eigenvalue weighted by Crippen LogP contribution is -2.22. The molecule has 0 fully saturated rings. The number of fused-ring (bicyclic) bond motifs is 2. The van der Waals surface area contributed by atoms with Crippen LogP contribution in [0.2, 0.25) is 0 Å². The molecular formula is C29H22Br3N3O3. The van der Waals surface area contributed by atoms with Crippen LogP contribution in [0.3, 0.4) is 0 Å². The third kappa shape index (κ3) is 5.15. The molecule has 1 heterocycles. The van der Waals surface area contributed by atoms with E-state index in [1.54, 1.807) is 19.4 Å². The minimum absolute atomic E-state index is 0.235. The maximum atomic E-state index is 13.2. The van der Waals surface area contributed by atoms with E-state index in [1.165, 1.54) is 4.68 Å². The first-order chi connectivity index (χ1) is 18.4. The van der Waals surface area contributed by atoms with Gasteiger partial charge in [-0.15, -0.1) is 0 Å². The Kier molecular flexibility index (Phi) is 7.97. The molecule has 0 N–H and O–H groups in total. The molecule has 0 spiro atoms. The van der Waals surface area contributed by atoms with Gasteiger partial charge in [0.05, 0.1) is 28.7 Å². The Morgan fingerprint density at radius 2 is 1.76 bits per heavy atom. The standard InChI is InChI=1S/C29H22Br3N3O3/c1-3-25-34-23-12-11-20(30)14-22(23)29(36)35(25)33-15-19-13-24(37-2)28(27(32)26(19)31)38-16-18-9-6-8-17-7-4-5-10-21(17)18/h4-15H,3,16H2,1-2H3. The van der Waals surface area contributed by atoms with Crippen LogP contribution in [0, 0.1) is 0 Å². The number of benzene rings is 4. The van der Waals surface area contributed by atoms with Crippen molar-refractivity contribution in [1.82, 2.24) is 9.66 Å². The predicted octanol–water partition coefficient (Wildman–Crippen LogP) is 7.87. The minimum Gasteiger partial charge on any atom is -0.493 e. The number of aryl methyl sites for hydroxylation is 1. The summed E-state index contributed by atoms with van der Waals surface area (Å²) >= 11 is 10.7. The molecule has 0 saturated heterocycles. The smallest absolute Gasteiger partial charge is 0.282 e. The van der Waals surface area contributed by atoms with Gasteiger partial charge in [0, 0.05) is 20.9 Å². The lowest BCUT2D eigenvalue weighted by Gasteiger charge is -2.16. The molecule has 0 bridgehead atoms. The lowest BCUT2D eigenvalue weighted by molar-refractivity contribution is 0.283. The van der Waals surface area contributed by atoms with Crippen molar-refractivity contribution >= 4 is 75.7 Å². The van der Waals surface area contributed by atoms with Gasteiger partial charge in [-0.2, -0.15) is 9.78 Å². The van der Waals surface area contributed by atoms with Crippen LogP contribution in [-0.2, 0) is 13.0 Å². The van der Waals surface area contributed by atoms with Gasteiger partial charge in [0.15, 0.2) is 11.5 Å². The molecule has 38 heavy (non-hydrogen) atoms. The zero-order valence-electron chi connectivity index (χ0n) is 20.5. The second-order valence-electron chi connectivity index (χ2n) is 8.46. The Labute approximate surface area is 244 Å². The van der Waals surface area contributed by atoms with Gasteiger partial charge in [-0.3, -0.25) is 4.79 Å². The van der Waals surface area contributed by atoms with Crippen molar-refractivity contribution in [3.8, 4) is 11.5 Å². The first-order valence-electron chi connectivity index (χ1n) is 11.8. The minimum atomic E-state index is -0.235. The fraction of sp³-hybridized carbons (Fsp3) is 0.138. The monoisotopic (exact) mass is 697 g/mol. The normalized spacial score (nSPS) is 11.5. The zero-order chi connectivity index (χ0) is 26.8. The number of methoxy groups -OCH3 is 1. The van der Waals surface area contributed by atoms with Crippen molar-refractivity contribution in [2.75, 3.05) is 7.11 Å². The number of hydrogen-bond acceptors (Lipinski definition) is 5. The molecular weight excluding hydrogens is 678 g/mol. The Hall–Kier alpha value is -3.01. The Morgan fingerprint density at radius 3 is 2.55 bits per heavy atom. The predicted molar refractivity (Wildman–Crippen MR) is 163 cm³/mol. The molecule has 0 atom stereocenters. The SMILES string of the molecule is CCc1nc2ccc(Br)cc2c(=O)n1N=Cc1cc(OC)c(OCc2cccc3ccccc23)c(Br)c1Br. The van der Waals surface area contributed by atoms with Gasteiger partial charge < -0.3 is 9.47 Å².